The van der Waals surface area contributed by atoms with Gasteiger partial charge in [0, 0.05) is 42.1 Å². The van der Waals surface area contributed by atoms with Crippen molar-refractivity contribution in [2.75, 3.05) is 30.9 Å². The fourth-order valence-electron chi connectivity index (χ4n) is 9.34. The Morgan fingerprint density at radius 1 is 0.548 bits per heavy atom. The van der Waals surface area contributed by atoms with Crippen molar-refractivity contribution in [3.8, 4) is 0 Å². The highest BCUT2D eigenvalue weighted by Gasteiger charge is 2.38. The maximum Gasteiger partial charge on any atom is 0.327 e. The van der Waals surface area contributed by atoms with Crippen LogP contribution in [0.5, 0.6) is 0 Å². The molecule has 2 rings (SSSR count). The number of aromatic nitrogens is 1. The molecule has 520 valence electrons. The number of aliphatic hydroxyl groups excluding tert-OH is 1. The number of fused-ring (bicyclic) bond motifs is 1. The number of aliphatic carboxylic acids is 4. The van der Waals surface area contributed by atoms with E-state index in [9.17, 15) is 87.5 Å². The van der Waals surface area contributed by atoms with E-state index in [0.717, 1.165) is 0 Å². The highest BCUT2D eigenvalue weighted by Crippen LogP contribution is 2.20. The topological polar surface area (TPSA) is 528 Å². The highest BCUT2D eigenvalue weighted by molar-refractivity contribution is 7.98. The van der Waals surface area contributed by atoms with Gasteiger partial charge in [-0.1, -0.05) is 66.2 Å². The first-order valence-corrected chi connectivity index (χ1v) is 32.5. The Balaban J connectivity index is 2.52. The summed E-state index contributed by atoms with van der Waals surface area (Å²) in [6.07, 6.45) is 0.404. The number of carbonyl (C=O) groups is 14. The van der Waals surface area contributed by atoms with Crippen molar-refractivity contribution in [2.24, 2.45) is 29.2 Å². The number of carboxylic acid groups (broad SMARTS) is 4. The van der Waals surface area contributed by atoms with Gasteiger partial charge in [-0.15, -0.1) is 0 Å². The van der Waals surface area contributed by atoms with Crippen molar-refractivity contribution >= 4 is 118 Å². The van der Waals surface area contributed by atoms with Gasteiger partial charge in [0.15, 0.2) is 0 Å². The number of rotatable bonds is 45. The predicted octanol–water partition coefficient (Wildman–Crippen LogP) is -2.27. The zero-order valence-corrected chi connectivity index (χ0v) is 55.0. The average molecular weight is 1350 g/mol. The zero-order chi connectivity index (χ0) is 70.2. The molecule has 0 aliphatic heterocycles. The van der Waals surface area contributed by atoms with Gasteiger partial charge in [-0.2, -0.15) is 24.4 Å². The van der Waals surface area contributed by atoms with E-state index in [4.69, 9.17) is 16.6 Å². The molecule has 0 saturated carbocycles. The van der Waals surface area contributed by atoms with Crippen LogP contribution in [0.15, 0.2) is 30.5 Å². The predicted molar refractivity (Wildman–Crippen MR) is 344 cm³/mol. The van der Waals surface area contributed by atoms with E-state index in [1.54, 1.807) is 64.4 Å². The number of aliphatic hydroxyl groups is 1. The van der Waals surface area contributed by atoms with E-state index in [1.165, 1.54) is 25.6 Å². The van der Waals surface area contributed by atoms with Crippen molar-refractivity contribution in [2.45, 2.75) is 185 Å². The summed E-state index contributed by atoms with van der Waals surface area (Å²) < 4.78 is 0. The van der Waals surface area contributed by atoms with Crippen LogP contribution < -0.4 is 64.6 Å². The largest absolute Gasteiger partial charge is 0.481 e. The van der Waals surface area contributed by atoms with Crippen LogP contribution in [-0.4, -0.2) is 211 Å². The zero-order valence-electron chi connectivity index (χ0n) is 53.2. The molecule has 32 nitrogen and oxygen atoms in total. The van der Waals surface area contributed by atoms with E-state index >= 15 is 0 Å². The molecule has 0 fully saturated rings. The number of hydrogen-bond acceptors (Lipinski definition) is 19. The summed E-state index contributed by atoms with van der Waals surface area (Å²) in [6.45, 7) is 9.16. The summed E-state index contributed by atoms with van der Waals surface area (Å²) in [7, 11) is 0. The number of unbranched alkanes of at least 4 members (excludes halogenated alkanes) is 1. The van der Waals surface area contributed by atoms with Crippen LogP contribution in [0.25, 0.3) is 10.9 Å². The Labute approximate surface area is 548 Å². The van der Waals surface area contributed by atoms with Crippen LogP contribution in [0.4, 0.5) is 0 Å². The number of hydrogen-bond donors (Lipinski definition) is 19. The molecule has 0 spiro atoms. The summed E-state index contributed by atoms with van der Waals surface area (Å²) in [5, 5.41) is 73.7. The van der Waals surface area contributed by atoms with Crippen molar-refractivity contribution in [1.82, 2.24) is 58.2 Å². The Morgan fingerprint density at radius 3 is 1.49 bits per heavy atom. The van der Waals surface area contributed by atoms with E-state index < -0.39 is 200 Å². The maximum atomic E-state index is 14.4. The van der Waals surface area contributed by atoms with Crippen molar-refractivity contribution < 1.29 is 92.7 Å². The molecule has 0 unspecified atom stereocenters. The summed E-state index contributed by atoms with van der Waals surface area (Å²) in [5.41, 5.74) is 12.5. The number of amides is 10. The smallest absolute Gasteiger partial charge is 0.327 e. The molecule has 0 saturated heterocycles. The van der Waals surface area contributed by atoms with Gasteiger partial charge in [0.1, 0.15) is 60.4 Å². The molecule has 93 heavy (non-hydrogen) atoms. The molecule has 0 aliphatic rings. The van der Waals surface area contributed by atoms with E-state index in [2.05, 4.69) is 70.8 Å². The van der Waals surface area contributed by atoms with Crippen LogP contribution in [0, 0.1) is 17.8 Å². The molecule has 1 aromatic heterocycles. The van der Waals surface area contributed by atoms with Gasteiger partial charge in [0.25, 0.3) is 0 Å². The Kier molecular flexibility index (Phi) is 36.1. The van der Waals surface area contributed by atoms with Crippen LogP contribution in [0.2, 0.25) is 0 Å². The van der Waals surface area contributed by atoms with Crippen molar-refractivity contribution in [3.05, 3.63) is 36.0 Å². The third kappa shape index (κ3) is 28.4. The molecule has 34 heteroatoms. The molecule has 12 atom stereocenters. The number of thioether (sulfide) groups is 1. The molecule has 2 aromatic rings. The second kappa shape index (κ2) is 41.5. The first kappa shape index (κ1) is 81.0. The third-order valence-corrected chi connectivity index (χ3v) is 15.8. The van der Waals surface area contributed by atoms with E-state index in [-0.39, 0.29) is 56.1 Å². The lowest BCUT2D eigenvalue weighted by Gasteiger charge is -2.31. The molecule has 0 bridgehead atoms. The van der Waals surface area contributed by atoms with Crippen molar-refractivity contribution in [1.29, 1.82) is 0 Å². The number of para-hydroxylation sites is 1. The van der Waals surface area contributed by atoms with Gasteiger partial charge in [-0.05, 0) is 92.9 Å². The van der Waals surface area contributed by atoms with Gasteiger partial charge in [0.2, 0.25) is 59.1 Å². The number of benzene rings is 1. The maximum absolute atomic E-state index is 14.4. The fourth-order valence-corrected chi connectivity index (χ4v) is 10.1. The molecular formula is C59H93N13O19S2. The molecule has 10 amide bonds. The third-order valence-electron chi connectivity index (χ3n) is 14.8. The minimum Gasteiger partial charge on any atom is -0.481 e. The second-order valence-corrected chi connectivity index (χ2v) is 24.5. The molecule has 0 aliphatic carbocycles. The van der Waals surface area contributed by atoms with Gasteiger partial charge in [-0.3, -0.25) is 62.3 Å². The number of carboxylic acids is 4. The SMILES string of the molecule is CC[C@H](C)[C@H](NC(=O)[C@@H](NC(=O)[C@H](CCC(=O)O)NC(=O)[C@H](CCC(=O)O)NC(=O)[C@H](CCSC)NC(=O)[C@H](Cc1c[nH]c2ccccc12)NC(=O)[C@H](CO)NC(=O)[C@@H](N)CC(=O)O)C(C)C)C(=O)N[C@@H](CCCCN)C(=O)N[C@@H](CC(C)C)C(=O)N[C@@H](CS)C(=O)O. The number of nitrogens with one attached hydrogen (secondary N) is 11. The van der Waals surface area contributed by atoms with Gasteiger partial charge in [-0.25, -0.2) is 4.79 Å². The van der Waals surface area contributed by atoms with Crippen LogP contribution in [0.1, 0.15) is 118 Å². The van der Waals surface area contributed by atoms with Crippen LogP contribution >= 0.6 is 24.4 Å². The molecule has 1 aromatic carbocycles. The average Bonchev–Trinajstić information content (AvgIpc) is 1.78. The molecular weight excluding hydrogens is 1260 g/mol. The monoisotopic (exact) mass is 1350 g/mol. The molecule has 1 heterocycles. The number of aromatic amines is 1. The Bertz CT molecular complexity index is 2900. The minimum atomic E-state index is -1.80. The minimum absolute atomic E-state index is 0.0222. The second-order valence-electron chi connectivity index (χ2n) is 23.1. The van der Waals surface area contributed by atoms with Gasteiger partial charge >= 0.3 is 23.9 Å². The summed E-state index contributed by atoms with van der Waals surface area (Å²) in [5.74, 6) is -17.2. The number of H-pyrrole nitrogens is 1. The first-order valence-electron chi connectivity index (χ1n) is 30.5. The van der Waals surface area contributed by atoms with Crippen LogP contribution in [-0.2, 0) is 73.5 Å². The quantitative estimate of drug-likeness (QED) is 0.0245. The first-order chi connectivity index (χ1) is 43.8. The van der Waals surface area contributed by atoms with Crippen molar-refractivity contribution in [3.63, 3.8) is 0 Å². The highest BCUT2D eigenvalue weighted by atomic mass is 32.2. The summed E-state index contributed by atoms with van der Waals surface area (Å²) in [4.78, 5) is 190. The summed E-state index contributed by atoms with van der Waals surface area (Å²) in [6, 6.07) is -9.97. The summed E-state index contributed by atoms with van der Waals surface area (Å²) >= 11 is 5.24. The number of nitrogens with two attached hydrogens (primary N) is 2. The number of thiol groups is 1. The fraction of sp³-hybridized carbons (Fsp3) is 0.627. The standard InChI is InChI=1S/C59H93N13O19S2/c1-8-31(6)48(58(89)66-36(15-11-12-21-60)50(81)67-40(23-29(2)3)54(85)70-43(28-92)59(90)91)72-57(88)47(30(4)5)71-53(84)38(17-19-45(76)77)64-51(82)37(16-18-44(74)75)63-52(83)39(20-22-93-7)65-55(86)41(24-32-26-62-35-14-10-9-13-33(32)35)68-56(87)42(27-73)69-49(80)34(61)25-46(78)79/h9-10,13-14,26,29-31,34,36-43,47-48,62,73,92H,8,11-12,15-25,27-28,60-61H2,1-7H3,(H,63,83)(H,64,82)(H,65,86)(H,66,89)(H,67,81)(H,68,87)(H,69,80)(H,70,85)(H,71,84)(H,72,88)(H,74,75)(H,76,77)(H,78,79)(H,90,91)/t31-,34-,36-,37-,38-,39-,40-,41-,42-,43-,47-,48-/m0/s1. The molecule has 20 N–H and O–H groups in total. The Morgan fingerprint density at radius 2 is 1.00 bits per heavy atom. The van der Waals surface area contributed by atoms with E-state index in [0.29, 0.717) is 29.3 Å². The lowest BCUT2D eigenvalue weighted by Crippen LogP contribution is -2.62. The van der Waals surface area contributed by atoms with Crippen LogP contribution in [0.3, 0.4) is 0 Å². The van der Waals surface area contributed by atoms with Gasteiger partial charge in [0.05, 0.1) is 19.1 Å². The molecule has 0 radical (unpaired) electrons. The van der Waals surface area contributed by atoms with Gasteiger partial charge < -0.3 is 95.2 Å². The Hall–Kier alpha value is -8.08. The lowest BCUT2D eigenvalue weighted by atomic mass is 9.95. The normalized spacial score (nSPS) is 15.2. The lowest BCUT2D eigenvalue weighted by molar-refractivity contribution is -0.142. The number of carbonyl (C=O) groups excluding carboxylic acids is 10. The van der Waals surface area contributed by atoms with E-state index in [1.807, 2.05) is 0 Å².